The van der Waals surface area contributed by atoms with Crippen LogP contribution in [0.25, 0.3) is 17.1 Å². The van der Waals surface area contributed by atoms with Crippen LogP contribution in [0.5, 0.6) is 5.75 Å². The molecule has 0 saturated carbocycles. The van der Waals surface area contributed by atoms with Crippen molar-refractivity contribution in [3.8, 4) is 28.9 Å². The van der Waals surface area contributed by atoms with E-state index in [0.29, 0.717) is 17.1 Å². The molecule has 0 aliphatic rings. The number of methoxy groups -OCH3 is 1. The summed E-state index contributed by atoms with van der Waals surface area (Å²) < 4.78 is 7.59. The maximum atomic E-state index is 9.38. The average Bonchev–Trinajstić information content (AvgIpc) is 3.22. The third kappa shape index (κ3) is 3.93. The number of para-hydroxylation sites is 1. The minimum atomic E-state index is 0.625. The van der Waals surface area contributed by atoms with Gasteiger partial charge < -0.3 is 4.74 Å². The molecule has 0 fully saturated rings. The van der Waals surface area contributed by atoms with Crippen molar-refractivity contribution in [1.82, 2.24) is 14.8 Å². The van der Waals surface area contributed by atoms with Gasteiger partial charge in [-0.15, -0.1) is 10.2 Å². The lowest BCUT2D eigenvalue weighted by molar-refractivity contribution is 0.416. The Hall–Kier alpha value is -3.56. The van der Waals surface area contributed by atoms with Gasteiger partial charge in [0.1, 0.15) is 5.75 Å². The SMILES string of the molecule is COc1ccccc1-c1nnc(SCc2ccccc2C#N)n1-c1ccc(C)cc1. The van der Waals surface area contributed by atoms with Gasteiger partial charge in [0, 0.05) is 11.4 Å². The van der Waals surface area contributed by atoms with Crippen LogP contribution in [-0.4, -0.2) is 21.9 Å². The van der Waals surface area contributed by atoms with E-state index in [1.54, 1.807) is 18.9 Å². The van der Waals surface area contributed by atoms with Crippen molar-refractivity contribution in [2.24, 2.45) is 0 Å². The van der Waals surface area contributed by atoms with Crippen LogP contribution >= 0.6 is 11.8 Å². The normalized spacial score (nSPS) is 10.6. The highest BCUT2D eigenvalue weighted by Gasteiger charge is 2.19. The van der Waals surface area contributed by atoms with Crippen molar-refractivity contribution in [1.29, 1.82) is 5.26 Å². The number of hydrogen-bond donors (Lipinski definition) is 0. The molecular weight excluding hydrogens is 392 g/mol. The van der Waals surface area contributed by atoms with Gasteiger partial charge >= 0.3 is 0 Å². The van der Waals surface area contributed by atoms with Crippen LogP contribution in [0.15, 0.2) is 78.0 Å². The average molecular weight is 413 g/mol. The first-order chi connectivity index (χ1) is 14.7. The molecule has 0 aliphatic heterocycles. The molecule has 0 atom stereocenters. The number of aromatic nitrogens is 3. The second-order valence-corrected chi connectivity index (χ2v) is 7.68. The van der Waals surface area contributed by atoms with E-state index in [2.05, 4.69) is 47.5 Å². The van der Waals surface area contributed by atoms with Gasteiger partial charge in [-0.25, -0.2) is 0 Å². The molecule has 0 spiro atoms. The molecule has 30 heavy (non-hydrogen) atoms. The zero-order valence-electron chi connectivity index (χ0n) is 16.7. The Kier molecular flexibility index (Phi) is 5.82. The summed E-state index contributed by atoms with van der Waals surface area (Å²) in [5, 5.41) is 19.1. The summed E-state index contributed by atoms with van der Waals surface area (Å²) in [6, 6.07) is 25.9. The van der Waals surface area contributed by atoms with Crippen molar-refractivity contribution in [3.63, 3.8) is 0 Å². The number of thioether (sulfide) groups is 1. The Morgan fingerprint density at radius 1 is 0.967 bits per heavy atom. The van der Waals surface area contributed by atoms with Crippen LogP contribution in [0.2, 0.25) is 0 Å². The molecule has 0 unspecified atom stereocenters. The minimum Gasteiger partial charge on any atom is -0.496 e. The maximum absolute atomic E-state index is 9.38. The Bertz CT molecular complexity index is 1210. The van der Waals surface area contributed by atoms with Gasteiger partial charge in [-0.1, -0.05) is 59.8 Å². The molecule has 0 N–H and O–H groups in total. The summed E-state index contributed by atoms with van der Waals surface area (Å²) in [5.74, 6) is 2.08. The van der Waals surface area contributed by atoms with E-state index < -0.39 is 0 Å². The van der Waals surface area contributed by atoms with E-state index in [1.807, 2.05) is 53.1 Å². The maximum Gasteiger partial charge on any atom is 0.196 e. The third-order valence-electron chi connectivity index (χ3n) is 4.77. The highest BCUT2D eigenvalue weighted by molar-refractivity contribution is 7.98. The highest BCUT2D eigenvalue weighted by Crippen LogP contribution is 2.34. The highest BCUT2D eigenvalue weighted by atomic mass is 32.2. The molecule has 6 heteroatoms. The predicted octanol–water partition coefficient (Wildman–Crippen LogP) is 5.42. The largest absolute Gasteiger partial charge is 0.496 e. The number of nitrogens with zero attached hydrogens (tertiary/aromatic N) is 4. The van der Waals surface area contributed by atoms with E-state index in [9.17, 15) is 5.26 Å². The first-order valence-corrected chi connectivity index (χ1v) is 10.5. The molecule has 4 aromatic rings. The fourth-order valence-corrected chi connectivity index (χ4v) is 4.15. The quantitative estimate of drug-likeness (QED) is 0.396. The van der Waals surface area contributed by atoms with E-state index in [4.69, 9.17) is 4.74 Å². The molecule has 0 radical (unpaired) electrons. The molecule has 1 aromatic heterocycles. The summed E-state index contributed by atoms with van der Waals surface area (Å²) in [6.45, 7) is 2.06. The smallest absolute Gasteiger partial charge is 0.196 e. The number of benzene rings is 3. The lowest BCUT2D eigenvalue weighted by Crippen LogP contribution is -2.01. The summed E-state index contributed by atoms with van der Waals surface area (Å²) >= 11 is 1.56. The van der Waals surface area contributed by atoms with Gasteiger partial charge in [0.05, 0.1) is 24.3 Å². The third-order valence-corrected chi connectivity index (χ3v) is 5.75. The standard InChI is InChI=1S/C24H20N4OS/c1-17-11-13-20(14-12-17)28-23(21-9-5-6-10-22(21)29-2)26-27-24(28)30-16-19-8-4-3-7-18(19)15-25/h3-14H,16H2,1-2H3. The molecule has 0 bridgehead atoms. The zero-order valence-corrected chi connectivity index (χ0v) is 17.6. The molecular formula is C24H20N4OS. The Labute approximate surface area is 180 Å². The van der Waals surface area contributed by atoms with Crippen molar-refractivity contribution in [3.05, 3.63) is 89.5 Å². The first kappa shape index (κ1) is 19.7. The fourth-order valence-electron chi connectivity index (χ4n) is 3.19. The van der Waals surface area contributed by atoms with E-state index in [0.717, 1.165) is 27.7 Å². The molecule has 0 amide bonds. The van der Waals surface area contributed by atoms with Gasteiger partial charge in [0.25, 0.3) is 0 Å². The van der Waals surface area contributed by atoms with Gasteiger partial charge in [0.15, 0.2) is 11.0 Å². The number of rotatable bonds is 6. The minimum absolute atomic E-state index is 0.625. The lowest BCUT2D eigenvalue weighted by Gasteiger charge is -2.13. The van der Waals surface area contributed by atoms with Gasteiger partial charge in [-0.05, 0) is 42.8 Å². The number of nitriles is 1. The molecule has 3 aromatic carbocycles. The van der Waals surface area contributed by atoms with E-state index in [1.165, 1.54) is 5.56 Å². The van der Waals surface area contributed by atoms with Crippen molar-refractivity contribution < 1.29 is 4.74 Å². The summed E-state index contributed by atoms with van der Waals surface area (Å²) in [7, 11) is 1.65. The predicted molar refractivity (Wildman–Crippen MR) is 119 cm³/mol. The number of hydrogen-bond acceptors (Lipinski definition) is 5. The number of aryl methyl sites for hydroxylation is 1. The lowest BCUT2D eigenvalue weighted by atomic mass is 10.1. The monoisotopic (exact) mass is 412 g/mol. The van der Waals surface area contributed by atoms with Crippen molar-refractivity contribution in [2.75, 3.05) is 7.11 Å². The molecule has 4 rings (SSSR count). The summed E-state index contributed by atoms with van der Waals surface area (Å²) in [4.78, 5) is 0. The molecule has 148 valence electrons. The zero-order chi connectivity index (χ0) is 20.9. The van der Waals surface area contributed by atoms with Crippen molar-refractivity contribution >= 4 is 11.8 Å². The fraction of sp³-hybridized carbons (Fsp3) is 0.125. The van der Waals surface area contributed by atoms with Crippen molar-refractivity contribution in [2.45, 2.75) is 17.8 Å². The Morgan fingerprint density at radius 2 is 1.70 bits per heavy atom. The van der Waals surface area contributed by atoms with Crippen LogP contribution in [0.1, 0.15) is 16.7 Å². The molecule has 1 heterocycles. The second-order valence-electron chi connectivity index (χ2n) is 6.74. The summed E-state index contributed by atoms with van der Waals surface area (Å²) in [6.07, 6.45) is 0. The Balaban J connectivity index is 1.78. The van der Waals surface area contributed by atoms with Gasteiger partial charge in [-0.3, -0.25) is 4.57 Å². The molecule has 0 aliphatic carbocycles. The van der Waals surface area contributed by atoms with Gasteiger partial charge in [0.2, 0.25) is 0 Å². The van der Waals surface area contributed by atoms with Gasteiger partial charge in [-0.2, -0.15) is 5.26 Å². The Morgan fingerprint density at radius 3 is 2.47 bits per heavy atom. The van der Waals surface area contributed by atoms with E-state index in [-0.39, 0.29) is 0 Å². The van der Waals surface area contributed by atoms with Crippen LogP contribution < -0.4 is 4.74 Å². The second kappa shape index (κ2) is 8.85. The number of ether oxygens (including phenoxy) is 1. The van der Waals surface area contributed by atoms with Crippen LogP contribution in [0.3, 0.4) is 0 Å². The first-order valence-electron chi connectivity index (χ1n) is 9.48. The summed E-state index contributed by atoms with van der Waals surface area (Å²) in [5.41, 5.74) is 4.68. The van der Waals surface area contributed by atoms with Crippen LogP contribution in [0.4, 0.5) is 0 Å². The molecule has 5 nitrogen and oxygen atoms in total. The van der Waals surface area contributed by atoms with Crippen LogP contribution in [0, 0.1) is 18.3 Å². The van der Waals surface area contributed by atoms with Crippen LogP contribution in [-0.2, 0) is 5.75 Å². The topological polar surface area (TPSA) is 63.7 Å². The van der Waals surface area contributed by atoms with E-state index >= 15 is 0 Å². The molecule has 0 saturated heterocycles.